The number of benzene rings is 1. The molecule has 4 heteroatoms. The highest BCUT2D eigenvalue weighted by molar-refractivity contribution is 6.14. The Morgan fingerprint density at radius 1 is 1.38 bits per heavy atom. The van der Waals surface area contributed by atoms with E-state index < -0.39 is 5.41 Å². The number of carbonyl (C=O) groups is 1. The number of nitrogens with one attached hydrogen (secondary N) is 1. The summed E-state index contributed by atoms with van der Waals surface area (Å²) >= 11 is 0. The summed E-state index contributed by atoms with van der Waals surface area (Å²) in [6, 6.07) is 9.28. The Kier molecular flexibility index (Phi) is 2.64. The fourth-order valence-electron chi connectivity index (χ4n) is 1.75. The van der Waals surface area contributed by atoms with E-state index >= 15 is 0 Å². The van der Waals surface area contributed by atoms with Gasteiger partial charge >= 0.3 is 0 Å². The topological polar surface area (TPSA) is 61.7 Å². The summed E-state index contributed by atoms with van der Waals surface area (Å²) in [6.07, 6.45) is 1.50. The molecule has 1 aromatic rings. The molecule has 2 N–H and O–H groups in total. The molecule has 0 aliphatic heterocycles. The van der Waals surface area contributed by atoms with Crippen LogP contribution in [0.4, 0.5) is 5.69 Å². The highest BCUT2D eigenvalue weighted by Gasteiger charge is 2.52. The van der Waals surface area contributed by atoms with Crippen LogP contribution in [0.3, 0.4) is 0 Å². The number of nitrogens with zero attached hydrogens (tertiary/aromatic N) is 1. The molecule has 0 aromatic heterocycles. The van der Waals surface area contributed by atoms with E-state index in [1.807, 2.05) is 30.3 Å². The van der Waals surface area contributed by atoms with Gasteiger partial charge in [-0.3, -0.25) is 4.79 Å². The average molecular weight is 218 g/mol. The van der Waals surface area contributed by atoms with Crippen LogP contribution in [-0.4, -0.2) is 16.8 Å². The first-order chi connectivity index (χ1) is 7.69. The molecule has 1 saturated carbocycles. The number of anilines is 1. The normalized spacial score (nSPS) is 17.9. The first-order valence-corrected chi connectivity index (χ1v) is 5.25. The highest BCUT2D eigenvalue weighted by Crippen LogP contribution is 2.47. The Hall–Kier alpha value is -1.84. The molecule has 1 fully saturated rings. The van der Waals surface area contributed by atoms with Gasteiger partial charge in [-0.2, -0.15) is 0 Å². The molecule has 0 heterocycles. The average Bonchev–Trinajstić information content (AvgIpc) is 3.10. The summed E-state index contributed by atoms with van der Waals surface area (Å²) in [5.74, 6) is -0.0889. The molecule has 0 radical (unpaired) electrons. The van der Waals surface area contributed by atoms with Crippen molar-refractivity contribution in [3.8, 4) is 0 Å². The van der Waals surface area contributed by atoms with Gasteiger partial charge in [-0.25, -0.2) is 0 Å². The van der Waals surface area contributed by atoms with E-state index in [0.717, 1.165) is 18.5 Å². The van der Waals surface area contributed by atoms with Gasteiger partial charge in [0.1, 0.15) is 0 Å². The van der Waals surface area contributed by atoms with E-state index in [0.29, 0.717) is 5.71 Å². The maximum Gasteiger partial charge on any atom is 0.236 e. The monoisotopic (exact) mass is 218 g/mol. The van der Waals surface area contributed by atoms with Crippen LogP contribution in [0.25, 0.3) is 0 Å². The molecule has 1 aliphatic carbocycles. The Morgan fingerprint density at radius 3 is 2.50 bits per heavy atom. The van der Waals surface area contributed by atoms with Gasteiger partial charge in [-0.05, 0) is 31.9 Å². The van der Waals surface area contributed by atoms with Crippen LogP contribution in [0.2, 0.25) is 0 Å². The van der Waals surface area contributed by atoms with Gasteiger partial charge in [0.05, 0.1) is 11.1 Å². The second kappa shape index (κ2) is 3.96. The van der Waals surface area contributed by atoms with E-state index in [1.54, 1.807) is 6.92 Å². The Bertz CT molecular complexity index is 422. The van der Waals surface area contributed by atoms with Crippen molar-refractivity contribution in [2.45, 2.75) is 19.8 Å². The fourth-order valence-corrected chi connectivity index (χ4v) is 1.75. The molecule has 1 aromatic carbocycles. The van der Waals surface area contributed by atoms with E-state index in [2.05, 4.69) is 10.5 Å². The molecule has 16 heavy (non-hydrogen) atoms. The second-order valence-electron chi connectivity index (χ2n) is 4.09. The van der Waals surface area contributed by atoms with Crippen molar-refractivity contribution in [2.24, 2.45) is 10.6 Å². The minimum absolute atomic E-state index is 0.0889. The summed E-state index contributed by atoms with van der Waals surface area (Å²) in [4.78, 5) is 12.0. The third-order valence-electron chi connectivity index (χ3n) is 3.06. The Morgan fingerprint density at radius 2 is 2.00 bits per heavy atom. The lowest BCUT2D eigenvalue weighted by Gasteiger charge is -2.13. The number of hydrogen-bond donors (Lipinski definition) is 2. The van der Waals surface area contributed by atoms with Crippen LogP contribution >= 0.6 is 0 Å². The molecule has 0 bridgehead atoms. The van der Waals surface area contributed by atoms with E-state index in [9.17, 15) is 4.79 Å². The molecule has 0 saturated heterocycles. The molecule has 84 valence electrons. The third kappa shape index (κ3) is 1.78. The number of para-hydroxylation sites is 1. The van der Waals surface area contributed by atoms with Gasteiger partial charge in [-0.1, -0.05) is 23.4 Å². The van der Waals surface area contributed by atoms with Crippen LogP contribution in [0.15, 0.2) is 35.5 Å². The first kappa shape index (κ1) is 10.7. The summed E-state index contributed by atoms with van der Waals surface area (Å²) < 4.78 is 0. The summed E-state index contributed by atoms with van der Waals surface area (Å²) in [6.45, 7) is 1.68. The smallest absolute Gasteiger partial charge is 0.236 e. The molecule has 0 atom stereocenters. The molecular weight excluding hydrogens is 204 g/mol. The molecule has 4 nitrogen and oxygen atoms in total. The zero-order chi connectivity index (χ0) is 11.6. The third-order valence-corrected chi connectivity index (χ3v) is 3.06. The van der Waals surface area contributed by atoms with Crippen LogP contribution in [0, 0.1) is 5.41 Å². The van der Waals surface area contributed by atoms with E-state index in [-0.39, 0.29) is 5.91 Å². The highest BCUT2D eigenvalue weighted by atomic mass is 16.4. The van der Waals surface area contributed by atoms with E-state index in [4.69, 9.17) is 5.21 Å². The zero-order valence-corrected chi connectivity index (χ0v) is 9.10. The minimum atomic E-state index is -0.579. The van der Waals surface area contributed by atoms with Gasteiger partial charge in [0.15, 0.2) is 0 Å². The van der Waals surface area contributed by atoms with E-state index in [1.165, 1.54) is 0 Å². The molecular formula is C12H14N2O2. The van der Waals surface area contributed by atoms with Crippen molar-refractivity contribution < 1.29 is 10.0 Å². The lowest BCUT2D eigenvalue weighted by atomic mass is 10.0. The van der Waals surface area contributed by atoms with Crippen LogP contribution in [-0.2, 0) is 4.79 Å². The molecule has 2 rings (SSSR count). The largest absolute Gasteiger partial charge is 0.411 e. The lowest BCUT2D eigenvalue weighted by molar-refractivity contribution is -0.119. The van der Waals surface area contributed by atoms with Gasteiger partial charge in [0, 0.05) is 5.69 Å². The fraction of sp³-hybridized carbons (Fsp3) is 0.333. The molecule has 0 unspecified atom stereocenters. The SMILES string of the molecule is C/C(=N\O)C1(C(=O)Nc2ccccc2)CC1. The van der Waals surface area contributed by atoms with Crippen molar-refractivity contribution in [3.05, 3.63) is 30.3 Å². The number of carbonyl (C=O) groups excluding carboxylic acids is 1. The lowest BCUT2D eigenvalue weighted by Crippen LogP contribution is -2.30. The van der Waals surface area contributed by atoms with Gasteiger partial charge in [0.25, 0.3) is 0 Å². The van der Waals surface area contributed by atoms with Crippen LogP contribution < -0.4 is 5.32 Å². The van der Waals surface area contributed by atoms with Crippen LogP contribution in [0.1, 0.15) is 19.8 Å². The predicted octanol–water partition coefficient (Wildman–Crippen LogP) is 2.26. The molecule has 1 aliphatic rings. The Labute approximate surface area is 94.0 Å². The van der Waals surface area contributed by atoms with Crippen molar-refractivity contribution in [1.82, 2.24) is 0 Å². The second-order valence-corrected chi connectivity index (χ2v) is 4.09. The number of oxime groups is 1. The predicted molar refractivity (Wildman–Crippen MR) is 61.6 cm³/mol. The standard InChI is InChI=1S/C12H14N2O2/c1-9(14-16)12(7-8-12)11(15)13-10-5-3-2-4-6-10/h2-6,16H,7-8H2,1H3,(H,13,15)/b14-9+. The number of rotatable bonds is 3. The van der Waals surface area contributed by atoms with Crippen LogP contribution in [0.5, 0.6) is 0 Å². The van der Waals surface area contributed by atoms with Crippen molar-refractivity contribution in [1.29, 1.82) is 0 Å². The molecule has 0 spiro atoms. The zero-order valence-electron chi connectivity index (χ0n) is 9.10. The summed E-state index contributed by atoms with van der Waals surface area (Å²) in [7, 11) is 0. The van der Waals surface area contributed by atoms with Crippen molar-refractivity contribution in [2.75, 3.05) is 5.32 Å². The van der Waals surface area contributed by atoms with Crippen molar-refractivity contribution >= 4 is 17.3 Å². The van der Waals surface area contributed by atoms with Gasteiger partial charge in [0.2, 0.25) is 5.91 Å². The minimum Gasteiger partial charge on any atom is -0.411 e. The number of amides is 1. The summed E-state index contributed by atoms with van der Waals surface area (Å²) in [5, 5.41) is 14.7. The molecule has 1 amide bonds. The quantitative estimate of drug-likeness (QED) is 0.464. The summed E-state index contributed by atoms with van der Waals surface area (Å²) in [5.41, 5.74) is 0.676. The number of hydrogen-bond acceptors (Lipinski definition) is 3. The van der Waals surface area contributed by atoms with Gasteiger partial charge in [-0.15, -0.1) is 0 Å². The maximum atomic E-state index is 12.0. The van der Waals surface area contributed by atoms with Crippen molar-refractivity contribution in [3.63, 3.8) is 0 Å². The maximum absolute atomic E-state index is 12.0. The van der Waals surface area contributed by atoms with Gasteiger partial charge < -0.3 is 10.5 Å². The first-order valence-electron chi connectivity index (χ1n) is 5.25. The Balaban J connectivity index is 2.10.